The lowest BCUT2D eigenvalue weighted by Crippen LogP contribution is -2.60. The van der Waals surface area contributed by atoms with E-state index in [1.807, 2.05) is 19.9 Å². The Hall–Kier alpha value is -4.00. The van der Waals surface area contributed by atoms with Crippen LogP contribution in [0, 0.1) is 0 Å². The number of carbonyl (C=O) groups excluding carboxylic acids is 1. The molecule has 0 spiro atoms. The van der Waals surface area contributed by atoms with Gasteiger partial charge in [0.25, 0.3) is 0 Å². The van der Waals surface area contributed by atoms with Crippen LogP contribution in [-0.2, 0) is 4.74 Å². The number of ketones is 1. The van der Waals surface area contributed by atoms with Gasteiger partial charge in [0.2, 0.25) is 11.7 Å². The predicted octanol–water partition coefficient (Wildman–Crippen LogP) is 2.93. The quantitative estimate of drug-likeness (QED) is 0.124. The number of phenols is 2. The van der Waals surface area contributed by atoms with Crippen molar-refractivity contribution in [3.05, 3.63) is 75.7 Å². The second-order valence-electron chi connectivity index (χ2n) is 10.5. The number of hydrogen-bond acceptors (Lipinski definition) is 11. The molecule has 2 aromatic carbocycles. The summed E-state index contributed by atoms with van der Waals surface area (Å²) in [5, 5.41) is 60.6. The van der Waals surface area contributed by atoms with Gasteiger partial charge in [0.05, 0.1) is 12.2 Å². The summed E-state index contributed by atoms with van der Waals surface area (Å²) < 4.78 is 17.0. The standard InChI is InChI=1S/C31H34O11/c1-15(2)5-4-6-16(3)11-20(34)24-22(41-31-29(39)28(38)27(37)23(13-32)42-31)12-21(35)25-26(36)19(14-40-30(24)25)17-7-9-18(33)10-8-17/h5,7-12,14,23,27-29,31-33,35,37-39H,4,6,13H2,1-3H3/b16-11+/t23?,27-,28?,29?,31-/m1/s1. The molecule has 224 valence electrons. The van der Waals surface area contributed by atoms with E-state index in [0.29, 0.717) is 24.0 Å². The maximum atomic E-state index is 13.7. The van der Waals surface area contributed by atoms with Crippen molar-refractivity contribution in [1.29, 1.82) is 0 Å². The normalized spacial score (nSPS) is 22.6. The van der Waals surface area contributed by atoms with Gasteiger partial charge in [-0.2, -0.15) is 0 Å². The Labute approximate surface area is 241 Å². The molecule has 0 saturated carbocycles. The van der Waals surface area contributed by atoms with Gasteiger partial charge in [-0.05, 0) is 57.4 Å². The van der Waals surface area contributed by atoms with Crippen LogP contribution >= 0.6 is 0 Å². The number of allylic oxidation sites excluding steroid dienone is 4. The van der Waals surface area contributed by atoms with E-state index in [2.05, 4.69) is 0 Å². The zero-order valence-corrected chi connectivity index (χ0v) is 23.4. The Morgan fingerprint density at radius 2 is 1.71 bits per heavy atom. The molecule has 4 rings (SSSR count). The maximum Gasteiger partial charge on any atom is 0.229 e. The summed E-state index contributed by atoms with van der Waals surface area (Å²) in [5.41, 5.74) is 1.09. The van der Waals surface area contributed by atoms with Gasteiger partial charge in [0.1, 0.15) is 58.9 Å². The van der Waals surface area contributed by atoms with Crippen molar-refractivity contribution in [2.24, 2.45) is 0 Å². The number of hydrogen-bond donors (Lipinski definition) is 6. The Bertz CT molecular complexity index is 1560. The van der Waals surface area contributed by atoms with Crippen molar-refractivity contribution in [3.8, 4) is 28.4 Å². The molecular formula is C31H34O11. The Morgan fingerprint density at radius 1 is 1.02 bits per heavy atom. The lowest BCUT2D eigenvalue weighted by Gasteiger charge is -2.39. The summed E-state index contributed by atoms with van der Waals surface area (Å²) in [6, 6.07) is 6.75. The zero-order chi connectivity index (χ0) is 30.7. The highest BCUT2D eigenvalue weighted by Crippen LogP contribution is 2.37. The van der Waals surface area contributed by atoms with Crippen LogP contribution in [0.1, 0.15) is 44.0 Å². The van der Waals surface area contributed by atoms with Gasteiger partial charge in [-0.1, -0.05) is 29.4 Å². The third kappa shape index (κ3) is 6.40. The molecule has 0 amide bonds. The van der Waals surface area contributed by atoms with E-state index in [4.69, 9.17) is 13.9 Å². The van der Waals surface area contributed by atoms with E-state index in [1.54, 1.807) is 6.92 Å². The number of phenolic OH excluding ortho intramolecular Hbond substituents is 2. The van der Waals surface area contributed by atoms with Gasteiger partial charge in [0, 0.05) is 6.07 Å². The summed E-state index contributed by atoms with van der Waals surface area (Å²) in [4.78, 5) is 27.2. The molecule has 1 aliphatic heterocycles. The molecule has 0 bridgehead atoms. The number of carbonyl (C=O) groups is 1. The van der Waals surface area contributed by atoms with Gasteiger partial charge in [0.15, 0.2) is 11.4 Å². The summed E-state index contributed by atoms with van der Waals surface area (Å²) in [6.07, 6.45) is -2.41. The van der Waals surface area contributed by atoms with Crippen molar-refractivity contribution < 1.29 is 49.3 Å². The van der Waals surface area contributed by atoms with Crippen molar-refractivity contribution in [1.82, 2.24) is 0 Å². The van der Waals surface area contributed by atoms with Crippen molar-refractivity contribution in [2.45, 2.75) is 64.3 Å². The SMILES string of the molecule is CC(C)=CCC/C(C)=C/C(=O)c1c(O[C@@H]2OC(CO)[C@@H](O)C(O)C2O)cc(O)c2c(=O)c(-c3ccc(O)cc3)coc12. The van der Waals surface area contributed by atoms with E-state index in [1.165, 1.54) is 30.3 Å². The first-order valence-corrected chi connectivity index (χ1v) is 13.4. The number of rotatable bonds is 9. The molecule has 1 saturated heterocycles. The monoisotopic (exact) mass is 582 g/mol. The topological polar surface area (TPSA) is 187 Å². The van der Waals surface area contributed by atoms with Gasteiger partial charge >= 0.3 is 0 Å². The highest BCUT2D eigenvalue weighted by atomic mass is 16.7. The van der Waals surface area contributed by atoms with Crippen molar-refractivity contribution in [3.63, 3.8) is 0 Å². The van der Waals surface area contributed by atoms with E-state index in [9.17, 15) is 40.2 Å². The van der Waals surface area contributed by atoms with Gasteiger partial charge in [-0.15, -0.1) is 0 Å². The first-order chi connectivity index (χ1) is 19.9. The van der Waals surface area contributed by atoms with Crippen LogP contribution in [-0.4, -0.2) is 73.7 Å². The van der Waals surface area contributed by atoms with E-state index in [-0.39, 0.29) is 33.6 Å². The Morgan fingerprint density at radius 3 is 2.36 bits per heavy atom. The molecule has 1 fully saturated rings. The number of fused-ring (bicyclic) bond motifs is 1. The molecule has 11 nitrogen and oxygen atoms in total. The Kier molecular flexibility index (Phi) is 9.50. The first-order valence-electron chi connectivity index (χ1n) is 13.4. The minimum Gasteiger partial charge on any atom is -0.508 e. The minimum absolute atomic E-state index is 0.0126. The summed E-state index contributed by atoms with van der Waals surface area (Å²) in [5.74, 6) is -1.57. The van der Waals surface area contributed by atoms with Gasteiger partial charge < -0.3 is 44.5 Å². The fourth-order valence-corrected chi connectivity index (χ4v) is 4.68. The van der Waals surface area contributed by atoms with Crippen LogP contribution < -0.4 is 10.2 Å². The molecule has 11 heteroatoms. The Balaban J connectivity index is 1.85. The molecule has 1 aliphatic rings. The number of ether oxygens (including phenoxy) is 2. The fourth-order valence-electron chi connectivity index (χ4n) is 4.68. The molecule has 2 heterocycles. The van der Waals surface area contributed by atoms with E-state index < -0.39 is 54.3 Å². The fraction of sp³-hybridized carbons (Fsp3) is 0.355. The number of benzene rings is 2. The van der Waals surface area contributed by atoms with Crippen LogP contribution in [0.25, 0.3) is 22.1 Å². The number of aliphatic hydroxyl groups excluding tert-OH is 4. The van der Waals surface area contributed by atoms with Gasteiger partial charge in [-0.25, -0.2) is 0 Å². The first kappa shape index (κ1) is 30.9. The predicted molar refractivity (Wildman–Crippen MR) is 152 cm³/mol. The smallest absolute Gasteiger partial charge is 0.229 e. The molecular weight excluding hydrogens is 548 g/mol. The lowest BCUT2D eigenvalue weighted by molar-refractivity contribution is -0.277. The van der Waals surface area contributed by atoms with E-state index >= 15 is 0 Å². The van der Waals surface area contributed by atoms with Crippen LogP contribution in [0.15, 0.2) is 69.1 Å². The maximum absolute atomic E-state index is 13.7. The summed E-state index contributed by atoms with van der Waals surface area (Å²) >= 11 is 0. The molecule has 3 unspecified atom stereocenters. The molecule has 5 atom stereocenters. The van der Waals surface area contributed by atoms with Gasteiger partial charge in [-0.3, -0.25) is 9.59 Å². The molecule has 42 heavy (non-hydrogen) atoms. The van der Waals surface area contributed by atoms with E-state index in [0.717, 1.165) is 17.9 Å². The summed E-state index contributed by atoms with van der Waals surface area (Å²) in [7, 11) is 0. The molecule has 1 aromatic heterocycles. The third-order valence-corrected chi connectivity index (χ3v) is 6.98. The van der Waals surface area contributed by atoms with Crippen LogP contribution in [0.5, 0.6) is 17.2 Å². The van der Waals surface area contributed by atoms with Crippen LogP contribution in [0.2, 0.25) is 0 Å². The third-order valence-electron chi connectivity index (χ3n) is 6.98. The molecule has 0 aliphatic carbocycles. The van der Waals surface area contributed by atoms with Crippen LogP contribution in [0.4, 0.5) is 0 Å². The van der Waals surface area contributed by atoms with Crippen molar-refractivity contribution in [2.75, 3.05) is 6.61 Å². The highest BCUT2D eigenvalue weighted by Gasteiger charge is 2.45. The second kappa shape index (κ2) is 12.9. The molecule has 6 N–H and O–H groups in total. The molecule has 3 aromatic rings. The average Bonchev–Trinajstić information content (AvgIpc) is 2.93. The van der Waals surface area contributed by atoms with Crippen molar-refractivity contribution >= 4 is 16.8 Å². The van der Waals surface area contributed by atoms with Crippen LogP contribution in [0.3, 0.4) is 0 Å². The summed E-state index contributed by atoms with van der Waals surface area (Å²) in [6.45, 7) is 4.98. The zero-order valence-electron chi connectivity index (χ0n) is 23.4. The molecule has 0 radical (unpaired) electrons. The largest absolute Gasteiger partial charge is 0.508 e. The average molecular weight is 583 g/mol. The number of aromatic hydroxyl groups is 2. The number of aliphatic hydroxyl groups is 4. The lowest BCUT2D eigenvalue weighted by atomic mass is 9.98. The second-order valence-corrected chi connectivity index (χ2v) is 10.5. The highest BCUT2D eigenvalue weighted by molar-refractivity contribution is 6.15. The minimum atomic E-state index is -1.80.